The minimum absolute atomic E-state index is 0.0117. The summed E-state index contributed by atoms with van der Waals surface area (Å²) in [6.07, 6.45) is 0.495. The van der Waals surface area contributed by atoms with Gasteiger partial charge in [-0.25, -0.2) is 8.42 Å². The maximum Gasteiger partial charge on any atom is 0.238 e. The Balaban J connectivity index is 2.79. The number of rotatable bonds is 7. The third-order valence-electron chi connectivity index (χ3n) is 3.80. The van der Waals surface area contributed by atoms with E-state index < -0.39 is 26.4 Å². The highest BCUT2D eigenvalue weighted by molar-refractivity contribution is 7.92. The molecular weight excluding hydrogens is 357 g/mol. The normalized spacial score (nSPS) is 13.7. The molecule has 0 aromatic heterocycles. The summed E-state index contributed by atoms with van der Waals surface area (Å²) < 4.78 is 23.9. The van der Waals surface area contributed by atoms with Gasteiger partial charge in [0.15, 0.2) is 9.84 Å². The molecule has 0 unspecified atom stereocenters. The summed E-state index contributed by atoms with van der Waals surface area (Å²) in [7, 11) is -3.40. The first-order valence-corrected chi connectivity index (χ1v) is 9.93. The van der Waals surface area contributed by atoms with Gasteiger partial charge in [-0.15, -0.1) is 0 Å². The molecule has 130 valence electrons. The lowest BCUT2D eigenvalue weighted by Gasteiger charge is -2.27. The van der Waals surface area contributed by atoms with Crippen molar-refractivity contribution in [1.82, 2.24) is 5.32 Å². The van der Waals surface area contributed by atoms with E-state index in [0.717, 1.165) is 5.56 Å². The van der Waals surface area contributed by atoms with Crippen molar-refractivity contribution in [3.63, 3.8) is 0 Å². The van der Waals surface area contributed by atoms with Gasteiger partial charge in [0, 0.05) is 12.0 Å². The van der Waals surface area contributed by atoms with E-state index in [1.54, 1.807) is 19.1 Å². The van der Waals surface area contributed by atoms with Crippen LogP contribution in [0, 0.1) is 0 Å². The molecule has 7 heteroatoms. The summed E-state index contributed by atoms with van der Waals surface area (Å²) in [5.41, 5.74) is 0.509. The molecule has 0 aliphatic carbocycles. The molecule has 0 bridgehead atoms. The number of amides is 1. The summed E-state index contributed by atoms with van der Waals surface area (Å²) in [6, 6.07) is 5.31. The van der Waals surface area contributed by atoms with Crippen LogP contribution in [0.5, 0.6) is 0 Å². The molecule has 23 heavy (non-hydrogen) atoms. The number of carbonyl (C=O) groups is 1. The van der Waals surface area contributed by atoms with E-state index in [9.17, 15) is 13.2 Å². The maximum atomic E-state index is 12.1. The van der Waals surface area contributed by atoms with Crippen LogP contribution >= 0.6 is 23.2 Å². The molecule has 0 fully saturated rings. The van der Waals surface area contributed by atoms with Crippen LogP contribution in [0.1, 0.15) is 39.7 Å². The first kappa shape index (κ1) is 20.3. The monoisotopic (exact) mass is 379 g/mol. The smallest absolute Gasteiger partial charge is 0.238 e. The zero-order valence-electron chi connectivity index (χ0n) is 13.8. The van der Waals surface area contributed by atoms with Crippen molar-refractivity contribution in [2.75, 3.05) is 12.3 Å². The Morgan fingerprint density at radius 2 is 1.87 bits per heavy atom. The summed E-state index contributed by atoms with van der Waals surface area (Å²) in [6.45, 7) is 7.38. The Morgan fingerprint density at radius 1 is 1.26 bits per heavy atom. The van der Waals surface area contributed by atoms with Crippen molar-refractivity contribution >= 4 is 38.9 Å². The van der Waals surface area contributed by atoms with Crippen LogP contribution < -0.4 is 5.32 Å². The first-order valence-electron chi connectivity index (χ1n) is 7.46. The number of nitrogens with one attached hydrogen (secondary N) is 1. The fraction of sp³-hybridized carbons (Fsp3) is 0.562. The van der Waals surface area contributed by atoms with Crippen LogP contribution in [-0.2, 0) is 20.0 Å². The Hall–Kier alpha value is -0.780. The van der Waals surface area contributed by atoms with Gasteiger partial charge in [-0.3, -0.25) is 4.79 Å². The molecule has 1 aromatic rings. The van der Waals surface area contributed by atoms with Crippen molar-refractivity contribution in [2.45, 2.75) is 44.8 Å². The molecule has 0 saturated heterocycles. The molecule has 0 radical (unpaired) electrons. The number of carbonyl (C=O) groups excluding carboxylic acids is 1. The number of benzene rings is 1. The van der Waals surface area contributed by atoms with E-state index in [2.05, 4.69) is 5.32 Å². The number of hydrogen-bond donors (Lipinski definition) is 1. The van der Waals surface area contributed by atoms with Gasteiger partial charge >= 0.3 is 0 Å². The highest BCUT2D eigenvalue weighted by Crippen LogP contribution is 2.29. The molecule has 4 nitrogen and oxygen atoms in total. The third-order valence-corrected chi connectivity index (χ3v) is 6.81. The SMILES string of the molecule is CCCS(=O)(=O)[C@H](C)C(=O)NCC(C)(C)c1ccc(Cl)c(Cl)c1. The van der Waals surface area contributed by atoms with Crippen LogP contribution in [0.4, 0.5) is 0 Å². The molecule has 0 spiro atoms. The average Bonchev–Trinajstić information content (AvgIpc) is 2.46. The van der Waals surface area contributed by atoms with Gasteiger partial charge < -0.3 is 5.32 Å². The van der Waals surface area contributed by atoms with Crippen molar-refractivity contribution < 1.29 is 13.2 Å². The van der Waals surface area contributed by atoms with Gasteiger partial charge in [0.25, 0.3) is 0 Å². The molecule has 0 heterocycles. The van der Waals surface area contributed by atoms with E-state index in [4.69, 9.17) is 23.2 Å². The number of sulfone groups is 1. The lowest BCUT2D eigenvalue weighted by molar-refractivity contribution is -0.120. The van der Waals surface area contributed by atoms with Gasteiger partial charge in [-0.2, -0.15) is 0 Å². The van der Waals surface area contributed by atoms with E-state index in [-0.39, 0.29) is 5.75 Å². The highest BCUT2D eigenvalue weighted by atomic mass is 35.5. The van der Waals surface area contributed by atoms with Gasteiger partial charge in [-0.1, -0.05) is 50.0 Å². The van der Waals surface area contributed by atoms with E-state index in [0.29, 0.717) is 23.0 Å². The molecule has 0 aliphatic rings. The van der Waals surface area contributed by atoms with Crippen molar-refractivity contribution in [1.29, 1.82) is 0 Å². The second kappa shape index (κ2) is 7.86. The molecule has 1 amide bonds. The standard InChI is InChI=1S/C16H23Cl2NO3S/c1-5-8-23(21,22)11(2)15(20)19-10-16(3,4)12-6-7-13(17)14(18)9-12/h6-7,9,11H,5,8,10H2,1-4H3,(H,19,20)/t11-/m1/s1. The van der Waals surface area contributed by atoms with Crippen LogP contribution in [-0.4, -0.2) is 31.9 Å². The summed E-state index contributed by atoms with van der Waals surface area (Å²) in [4.78, 5) is 12.1. The van der Waals surface area contributed by atoms with E-state index in [1.165, 1.54) is 6.92 Å². The van der Waals surface area contributed by atoms with E-state index >= 15 is 0 Å². The quantitative estimate of drug-likeness (QED) is 0.786. The van der Waals surface area contributed by atoms with Gasteiger partial charge in [0.2, 0.25) is 5.91 Å². The molecule has 0 aliphatic heterocycles. The van der Waals surface area contributed by atoms with Gasteiger partial charge in [-0.05, 0) is 31.0 Å². The Labute approximate surface area is 148 Å². The zero-order chi connectivity index (χ0) is 17.8. The molecule has 0 saturated carbocycles. The topological polar surface area (TPSA) is 63.2 Å². The predicted molar refractivity (Wildman–Crippen MR) is 96.0 cm³/mol. The Kier molecular flexibility index (Phi) is 6.93. The highest BCUT2D eigenvalue weighted by Gasteiger charge is 2.29. The van der Waals surface area contributed by atoms with Crippen molar-refractivity contribution in [2.24, 2.45) is 0 Å². The minimum atomic E-state index is -3.40. The largest absolute Gasteiger partial charge is 0.354 e. The van der Waals surface area contributed by atoms with Crippen LogP contribution in [0.2, 0.25) is 10.0 Å². The molecule has 1 aromatic carbocycles. The van der Waals surface area contributed by atoms with Gasteiger partial charge in [0.05, 0.1) is 15.8 Å². The Morgan fingerprint density at radius 3 is 2.39 bits per heavy atom. The van der Waals surface area contributed by atoms with Crippen LogP contribution in [0.3, 0.4) is 0 Å². The van der Waals surface area contributed by atoms with Crippen LogP contribution in [0.15, 0.2) is 18.2 Å². The van der Waals surface area contributed by atoms with Crippen molar-refractivity contribution in [3.05, 3.63) is 33.8 Å². The zero-order valence-corrected chi connectivity index (χ0v) is 16.1. The third kappa shape index (κ3) is 5.37. The number of hydrogen-bond acceptors (Lipinski definition) is 3. The molecule has 1 N–H and O–H groups in total. The lowest BCUT2D eigenvalue weighted by Crippen LogP contribution is -2.44. The summed E-state index contributed by atoms with van der Waals surface area (Å²) >= 11 is 11.9. The second-order valence-electron chi connectivity index (χ2n) is 6.24. The predicted octanol–water partition coefficient (Wildman–Crippen LogP) is 3.60. The maximum absolute atomic E-state index is 12.1. The average molecular weight is 380 g/mol. The fourth-order valence-electron chi connectivity index (χ4n) is 2.10. The molecule has 1 atom stereocenters. The lowest BCUT2D eigenvalue weighted by atomic mass is 9.84. The first-order chi connectivity index (χ1) is 10.5. The minimum Gasteiger partial charge on any atom is -0.354 e. The number of halogens is 2. The van der Waals surface area contributed by atoms with Crippen molar-refractivity contribution in [3.8, 4) is 0 Å². The molecular formula is C16H23Cl2NO3S. The fourth-order valence-corrected chi connectivity index (χ4v) is 3.73. The van der Waals surface area contributed by atoms with Gasteiger partial charge in [0.1, 0.15) is 5.25 Å². The van der Waals surface area contributed by atoms with E-state index in [1.807, 2.05) is 19.9 Å². The summed E-state index contributed by atoms with van der Waals surface area (Å²) in [5.74, 6) is -0.468. The van der Waals surface area contributed by atoms with Crippen LogP contribution in [0.25, 0.3) is 0 Å². The second-order valence-corrected chi connectivity index (χ2v) is 9.50. The molecule has 1 rings (SSSR count). The summed E-state index contributed by atoms with van der Waals surface area (Å²) in [5, 5.41) is 2.59. The Bertz CT molecular complexity index is 672.